The van der Waals surface area contributed by atoms with Gasteiger partial charge in [0.05, 0.1) is 5.69 Å². The molecule has 1 aromatic heterocycles. The normalized spacial score (nSPS) is 13.9. The zero-order chi connectivity index (χ0) is 21.2. The van der Waals surface area contributed by atoms with Crippen LogP contribution in [0.15, 0.2) is 60.9 Å². The SMILES string of the molecule is Cc1cc(C)c([B-]2(c3c(C)cc(C)cc3C)c3ccccc3-n3cc[nH][c+]32)c(C)c1. The van der Waals surface area contributed by atoms with Gasteiger partial charge in [-0.3, -0.25) is 0 Å². The maximum atomic E-state index is 3.68. The zero-order valence-corrected chi connectivity index (χ0v) is 18.8. The van der Waals surface area contributed by atoms with E-state index in [1.807, 2.05) is 0 Å². The highest BCUT2D eigenvalue weighted by molar-refractivity contribution is 7.21. The molecule has 1 aliphatic rings. The molecule has 2 heterocycles. The number of hydrogen-bond donors (Lipinski definition) is 1. The summed E-state index contributed by atoms with van der Waals surface area (Å²) in [6.07, 6.45) is 2.93. The summed E-state index contributed by atoms with van der Waals surface area (Å²) in [5.41, 5.74) is 15.0. The highest BCUT2D eigenvalue weighted by Gasteiger charge is 2.48. The molecular formula is C27H29BN2. The lowest BCUT2D eigenvalue weighted by Crippen LogP contribution is -2.76. The van der Waals surface area contributed by atoms with Gasteiger partial charge < -0.3 is 4.98 Å². The number of aromatic amines is 1. The lowest BCUT2D eigenvalue weighted by Gasteiger charge is -2.40. The molecule has 0 fully saturated rings. The maximum Gasteiger partial charge on any atom is 0.207 e. The minimum absolute atomic E-state index is 1.28. The number of rotatable bonds is 2. The van der Waals surface area contributed by atoms with E-state index in [0.29, 0.717) is 0 Å². The van der Waals surface area contributed by atoms with Gasteiger partial charge in [-0.15, -0.1) is 5.46 Å². The molecule has 2 nitrogen and oxygen atoms in total. The van der Waals surface area contributed by atoms with E-state index in [0.717, 1.165) is 0 Å². The van der Waals surface area contributed by atoms with E-state index < -0.39 is 6.15 Å². The second-order valence-corrected chi connectivity index (χ2v) is 9.26. The minimum atomic E-state index is -1.32. The summed E-state index contributed by atoms with van der Waals surface area (Å²) in [4.78, 5) is 3.68. The first-order chi connectivity index (χ1) is 14.4. The largest absolute Gasteiger partial charge is 0.302 e. The Labute approximate surface area is 179 Å². The van der Waals surface area contributed by atoms with Gasteiger partial charge in [-0.2, -0.15) is 10.9 Å². The van der Waals surface area contributed by atoms with Crippen molar-refractivity contribution in [1.29, 1.82) is 0 Å². The molecule has 0 aliphatic carbocycles. The first kappa shape index (κ1) is 18.9. The van der Waals surface area contributed by atoms with E-state index in [1.165, 1.54) is 61.2 Å². The average Bonchev–Trinajstić information content (AvgIpc) is 3.23. The monoisotopic (exact) mass is 392 g/mol. The zero-order valence-electron chi connectivity index (χ0n) is 18.8. The fourth-order valence-corrected chi connectivity index (χ4v) is 6.59. The number of aryl methyl sites for hydroxylation is 6. The summed E-state index contributed by atoms with van der Waals surface area (Å²) in [5.74, 6) is 0. The van der Waals surface area contributed by atoms with Gasteiger partial charge in [-0.25, -0.2) is 4.57 Å². The van der Waals surface area contributed by atoms with Crippen molar-refractivity contribution in [1.82, 2.24) is 9.55 Å². The number of nitrogens with one attached hydrogen (secondary N) is 1. The molecule has 0 unspecified atom stereocenters. The minimum Gasteiger partial charge on any atom is -0.302 e. The van der Waals surface area contributed by atoms with Gasteiger partial charge in [0.15, 0.2) is 0 Å². The number of fused-ring (bicyclic) bond motifs is 3. The average molecular weight is 392 g/mol. The van der Waals surface area contributed by atoms with Crippen LogP contribution < -0.4 is 22.1 Å². The molecule has 3 heteroatoms. The van der Waals surface area contributed by atoms with Crippen LogP contribution in [0.2, 0.25) is 0 Å². The molecule has 0 spiro atoms. The summed E-state index contributed by atoms with van der Waals surface area (Å²) < 4.78 is 2.37. The summed E-state index contributed by atoms with van der Waals surface area (Å²) in [7, 11) is 0. The van der Waals surface area contributed by atoms with E-state index in [1.54, 1.807) is 0 Å². The molecule has 0 saturated carbocycles. The topological polar surface area (TPSA) is 20.7 Å². The Balaban J connectivity index is 2.05. The molecule has 5 rings (SSSR count). The number of hydrogen-bond acceptors (Lipinski definition) is 0. The molecule has 150 valence electrons. The van der Waals surface area contributed by atoms with Crippen molar-refractivity contribution in [3.63, 3.8) is 0 Å². The van der Waals surface area contributed by atoms with Gasteiger partial charge in [0.25, 0.3) is 0 Å². The first-order valence-corrected chi connectivity index (χ1v) is 10.9. The third-order valence-electron chi connectivity index (χ3n) is 7.13. The van der Waals surface area contributed by atoms with Gasteiger partial charge in [-0.1, -0.05) is 75.8 Å². The molecule has 0 radical (unpaired) electrons. The predicted octanol–water partition coefficient (Wildman–Crippen LogP) is 3.63. The van der Waals surface area contributed by atoms with Crippen LogP contribution in [-0.4, -0.2) is 15.7 Å². The first-order valence-electron chi connectivity index (χ1n) is 10.9. The molecule has 30 heavy (non-hydrogen) atoms. The molecule has 1 N–H and O–H groups in total. The highest BCUT2D eigenvalue weighted by atomic mass is 15.1. The summed E-state index contributed by atoms with van der Waals surface area (Å²) in [6.45, 7) is 13.5. The predicted molar refractivity (Wildman–Crippen MR) is 130 cm³/mol. The molecule has 0 saturated heterocycles. The van der Waals surface area contributed by atoms with Crippen molar-refractivity contribution >= 4 is 28.3 Å². The van der Waals surface area contributed by atoms with Crippen LogP contribution in [0, 0.1) is 41.5 Å². The molecule has 0 amide bonds. The Morgan fingerprint density at radius 2 is 1.23 bits per heavy atom. The second-order valence-electron chi connectivity index (χ2n) is 9.26. The number of benzene rings is 3. The Bertz CT molecular complexity index is 1210. The lowest BCUT2D eigenvalue weighted by atomic mass is 9.14. The van der Waals surface area contributed by atoms with Gasteiger partial charge in [-0.05, 0) is 41.5 Å². The molecule has 4 aromatic rings. The lowest BCUT2D eigenvalue weighted by molar-refractivity contribution is 1.13. The van der Waals surface area contributed by atoms with Crippen molar-refractivity contribution in [2.24, 2.45) is 0 Å². The van der Waals surface area contributed by atoms with Gasteiger partial charge in [0.1, 0.15) is 12.4 Å². The fourth-order valence-electron chi connectivity index (χ4n) is 6.59. The quantitative estimate of drug-likeness (QED) is 0.350. The molecule has 0 bridgehead atoms. The summed E-state index contributed by atoms with van der Waals surface area (Å²) in [6, 6.07) is 18.3. The highest BCUT2D eigenvalue weighted by Crippen LogP contribution is 2.25. The summed E-state index contributed by atoms with van der Waals surface area (Å²) in [5, 5.41) is 0. The third-order valence-corrected chi connectivity index (χ3v) is 7.13. The number of aromatic nitrogens is 2. The van der Waals surface area contributed by atoms with Gasteiger partial charge >= 0.3 is 0 Å². The van der Waals surface area contributed by atoms with Crippen LogP contribution in [0.5, 0.6) is 0 Å². The molecule has 0 atom stereocenters. The third kappa shape index (κ3) is 2.35. The van der Waals surface area contributed by atoms with Crippen molar-refractivity contribution in [3.05, 3.63) is 94.3 Å². The molecular weight excluding hydrogens is 363 g/mol. The maximum absolute atomic E-state index is 3.68. The van der Waals surface area contributed by atoms with E-state index in [4.69, 9.17) is 0 Å². The van der Waals surface area contributed by atoms with Crippen LogP contribution in [0.25, 0.3) is 5.69 Å². The molecule has 1 aliphatic heterocycles. The number of nitrogens with zero attached hydrogens (tertiary/aromatic N) is 1. The van der Waals surface area contributed by atoms with Gasteiger partial charge in [0, 0.05) is 11.8 Å². The van der Waals surface area contributed by atoms with Crippen molar-refractivity contribution in [3.8, 4) is 5.69 Å². The smallest absolute Gasteiger partial charge is 0.207 e. The van der Waals surface area contributed by atoms with E-state index in [9.17, 15) is 0 Å². The van der Waals surface area contributed by atoms with Crippen molar-refractivity contribution < 1.29 is 0 Å². The second kappa shape index (κ2) is 6.47. The van der Waals surface area contributed by atoms with E-state index in [2.05, 4.69) is 112 Å². The van der Waals surface area contributed by atoms with E-state index >= 15 is 0 Å². The fraction of sp³-hybridized carbons (Fsp3) is 0.222. The van der Waals surface area contributed by atoms with Crippen molar-refractivity contribution in [2.45, 2.75) is 41.5 Å². The number of para-hydroxylation sites is 1. The van der Waals surface area contributed by atoms with Crippen LogP contribution in [-0.2, 0) is 0 Å². The molecule has 3 aromatic carbocycles. The Hall–Kier alpha value is -3.07. The van der Waals surface area contributed by atoms with Crippen LogP contribution in [0.3, 0.4) is 0 Å². The number of imidazole rings is 1. The van der Waals surface area contributed by atoms with Gasteiger partial charge in [0.2, 0.25) is 6.15 Å². The van der Waals surface area contributed by atoms with Crippen LogP contribution in [0.1, 0.15) is 33.4 Å². The van der Waals surface area contributed by atoms with Crippen LogP contribution >= 0.6 is 0 Å². The Morgan fingerprint density at radius 1 is 0.733 bits per heavy atom. The Kier molecular flexibility index (Phi) is 4.08. The Morgan fingerprint density at radius 3 is 1.77 bits per heavy atom. The van der Waals surface area contributed by atoms with Crippen molar-refractivity contribution in [2.75, 3.05) is 0 Å². The van der Waals surface area contributed by atoms with E-state index in [-0.39, 0.29) is 0 Å². The van der Waals surface area contributed by atoms with Crippen LogP contribution in [0.4, 0.5) is 0 Å². The standard InChI is InChI=1S/C27H29BN2/c1-17-13-19(3)25(20(4)14-17)28(26-21(5)15-18(2)16-22(26)6)23-9-7-8-10-24(23)30-12-11-29-27(28)30/h7-16,29H,1-6H3. The summed E-state index contributed by atoms with van der Waals surface area (Å²) >= 11 is 0. The number of H-pyrrole nitrogens is 1.